The van der Waals surface area contributed by atoms with E-state index >= 15 is 0 Å². The van der Waals surface area contributed by atoms with Crippen molar-refractivity contribution >= 4 is 10.0 Å². The van der Waals surface area contributed by atoms with Crippen LogP contribution in [0.15, 0.2) is 23.1 Å². The van der Waals surface area contributed by atoms with Gasteiger partial charge in [0.25, 0.3) is 0 Å². The van der Waals surface area contributed by atoms with Crippen LogP contribution in [-0.4, -0.2) is 20.1 Å². The summed E-state index contributed by atoms with van der Waals surface area (Å²) in [6.07, 6.45) is 2.69. The molecule has 1 aromatic rings. The highest BCUT2D eigenvalue weighted by Crippen LogP contribution is 2.16. The summed E-state index contributed by atoms with van der Waals surface area (Å²) >= 11 is 0. The van der Waals surface area contributed by atoms with Gasteiger partial charge in [-0.25, -0.2) is 17.5 Å². The molecule has 0 spiro atoms. The van der Waals surface area contributed by atoms with Gasteiger partial charge in [0, 0.05) is 6.54 Å². The minimum Gasteiger partial charge on any atom is -0.392 e. The molecule has 0 aromatic heterocycles. The van der Waals surface area contributed by atoms with Crippen LogP contribution in [0, 0.1) is 11.7 Å². The summed E-state index contributed by atoms with van der Waals surface area (Å²) in [5.41, 5.74) is 0.367. The number of hydrogen-bond donors (Lipinski definition) is 2. The first-order chi connectivity index (χ1) is 9.36. The van der Waals surface area contributed by atoms with Crippen molar-refractivity contribution in [3.05, 3.63) is 29.6 Å². The fourth-order valence-corrected chi connectivity index (χ4v) is 3.01. The van der Waals surface area contributed by atoms with Crippen molar-refractivity contribution < 1.29 is 17.9 Å². The van der Waals surface area contributed by atoms with Gasteiger partial charge in [-0.15, -0.1) is 0 Å². The Labute approximate surface area is 120 Å². The summed E-state index contributed by atoms with van der Waals surface area (Å²) in [6.45, 7) is 4.19. The number of sulfonamides is 1. The molecular formula is C14H22FNO3S. The predicted molar refractivity (Wildman–Crippen MR) is 76.2 cm³/mol. The molecule has 0 saturated heterocycles. The molecule has 0 saturated carbocycles. The van der Waals surface area contributed by atoms with Gasteiger partial charge in [0.05, 0.1) is 6.61 Å². The molecule has 20 heavy (non-hydrogen) atoms. The third kappa shape index (κ3) is 5.19. The molecule has 6 heteroatoms. The molecule has 0 heterocycles. The van der Waals surface area contributed by atoms with Crippen molar-refractivity contribution in [2.45, 2.75) is 44.6 Å². The fraction of sp³-hybridized carbons (Fsp3) is 0.571. The molecule has 0 aliphatic heterocycles. The summed E-state index contributed by atoms with van der Waals surface area (Å²) in [5.74, 6) is -0.220. The van der Waals surface area contributed by atoms with Crippen molar-refractivity contribution in [2.75, 3.05) is 6.54 Å². The first kappa shape index (κ1) is 17.1. The normalized spacial score (nSPS) is 12.1. The van der Waals surface area contributed by atoms with Gasteiger partial charge in [-0.3, -0.25) is 0 Å². The van der Waals surface area contributed by atoms with Crippen LogP contribution in [0.4, 0.5) is 4.39 Å². The topological polar surface area (TPSA) is 66.4 Å². The maximum absolute atomic E-state index is 13.6. The van der Waals surface area contributed by atoms with E-state index in [1.54, 1.807) is 0 Å². The van der Waals surface area contributed by atoms with Crippen molar-refractivity contribution in [1.82, 2.24) is 4.72 Å². The van der Waals surface area contributed by atoms with Crippen LogP contribution in [0.2, 0.25) is 0 Å². The number of benzene rings is 1. The first-order valence-corrected chi connectivity index (χ1v) is 8.24. The van der Waals surface area contributed by atoms with Crippen molar-refractivity contribution in [3.8, 4) is 0 Å². The summed E-state index contributed by atoms with van der Waals surface area (Å²) in [7, 11) is -3.86. The largest absolute Gasteiger partial charge is 0.392 e. The fourth-order valence-electron chi connectivity index (χ4n) is 1.81. The molecule has 4 nitrogen and oxygen atoms in total. The molecule has 114 valence electrons. The molecule has 0 atom stereocenters. The molecule has 0 amide bonds. The quantitative estimate of drug-likeness (QED) is 0.725. The molecule has 0 fully saturated rings. The lowest BCUT2D eigenvalue weighted by Crippen LogP contribution is -2.26. The summed E-state index contributed by atoms with van der Waals surface area (Å²) < 4.78 is 39.9. The summed E-state index contributed by atoms with van der Waals surface area (Å²) in [4.78, 5) is -0.409. The Bertz CT molecular complexity index is 529. The Kier molecular flexibility index (Phi) is 6.58. The monoisotopic (exact) mass is 303 g/mol. The highest BCUT2D eigenvalue weighted by molar-refractivity contribution is 7.89. The van der Waals surface area contributed by atoms with Crippen LogP contribution in [0.1, 0.15) is 38.7 Å². The lowest BCUT2D eigenvalue weighted by molar-refractivity contribution is 0.281. The molecule has 2 N–H and O–H groups in total. The zero-order valence-electron chi connectivity index (χ0n) is 11.9. The smallest absolute Gasteiger partial charge is 0.243 e. The van der Waals surface area contributed by atoms with Crippen LogP contribution >= 0.6 is 0 Å². The molecular weight excluding hydrogens is 281 g/mol. The Morgan fingerprint density at radius 1 is 1.30 bits per heavy atom. The summed E-state index contributed by atoms with van der Waals surface area (Å²) in [5, 5.41) is 8.98. The number of nitrogens with one attached hydrogen (secondary N) is 1. The minimum absolute atomic E-state index is 0.290. The highest BCUT2D eigenvalue weighted by Gasteiger charge is 2.18. The van der Waals surface area contributed by atoms with E-state index in [1.165, 1.54) is 6.07 Å². The van der Waals surface area contributed by atoms with Gasteiger partial charge in [0.15, 0.2) is 0 Å². The van der Waals surface area contributed by atoms with Gasteiger partial charge >= 0.3 is 0 Å². The average molecular weight is 303 g/mol. The van der Waals surface area contributed by atoms with Gasteiger partial charge in [0.1, 0.15) is 10.7 Å². The second kappa shape index (κ2) is 7.71. The number of rotatable bonds is 8. The highest BCUT2D eigenvalue weighted by atomic mass is 32.2. The van der Waals surface area contributed by atoms with Crippen LogP contribution in [-0.2, 0) is 16.6 Å². The third-order valence-corrected chi connectivity index (χ3v) is 4.44. The molecule has 0 unspecified atom stereocenters. The van der Waals surface area contributed by atoms with E-state index < -0.39 is 20.7 Å². The average Bonchev–Trinajstić information content (AvgIpc) is 2.38. The Balaban J connectivity index is 2.64. The Hall–Kier alpha value is -0.980. The molecule has 0 aliphatic rings. The predicted octanol–water partition coefficient (Wildman–Crippen LogP) is 2.42. The Morgan fingerprint density at radius 2 is 2.00 bits per heavy atom. The SMILES string of the molecule is CC(C)CCCCNS(=O)(=O)c1cc(CO)ccc1F. The third-order valence-electron chi connectivity index (χ3n) is 2.97. The van der Waals surface area contributed by atoms with Gasteiger partial charge in [-0.2, -0.15) is 0 Å². The lowest BCUT2D eigenvalue weighted by atomic mass is 10.1. The lowest BCUT2D eigenvalue weighted by Gasteiger charge is -2.09. The zero-order chi connectivity index (χ0) is 15.2. The summed E-state index contributed by atoms with van der Waals surface area (Å²) in [6, 6.07) is 3.57. The van der Waals surface area contributed by atoms with E-state index in [4.69, 9.17) is 5.11 Å². The first-order valence-electron chi connectivity index (χ1n) is 6.75. The van der Waals surface area contributed by atoms with Crippen molar-refractivity contribution in [2.24, 2.45) is 5.92 Å². The number of aliphatic hydroxyl groups excluding tert-OH is 1. The van der Waals surface area contributed by atoms with Gasteiger partial charge in [0.2, 0.25) is 10.0 Å². The minimum atomic E-state index is -3.86. The standard InChI is InChI=1S/C14H22FNO3S/c1-11(2)5-3-4-8-16-20(18,19)14-9-12(10-17)6-7-13(14)15/h6-7,9,11,16-17H,3-5,8,10H2,1-2H3. The van der Waals surface area contributed by atoms with Crippen LogP contribution in [0.3, 0.4) is 0 Å². The number of unbranched alkanes of at least 4 members (excludes halogenated alkanes) is 1. The maximum Gasteiger partial charge on any atom is 0.243 e. The van der Waals surface area contributed by atoms with E-state index in [0.29, 0.717) is 11.5 Å². The van der Waals surface area contributed by atoms with E-state index in [0.717, 1.165) is 31.4 Å². The molecule has 1 rings (SSSR count). The second-order valence-corrected chi connectivity index (χ2v) is 6.95. The van der Waals surface area contributed by atoms with Crippen LogP contribution in [0.25, 0.3) is 0 Å². The van der Waals surface area contributed by atoms with E-state index in [2.05, 4.69) is 18.6 Å². The van der Waals surface area contributed by atoms with E-state index in [-0.39, 0.29) is 13.2 Å². The number of aliphatic hydroxyl groups is 1. The number of hydrogen-bond acceptors (Lipinski definition) is 3. The van der Waals surface area contributed by atoms with E-state index in [9.17, 15) is 12.8 Å². The van der Waals surface area contributed by atoms with Crippen molar-refractivity contribution in [1.29, 1.82) is 0 Å². The number of halogens is 1. The van der Waals surface area contributed by atoms with E-state index in [1.807, 2.05) is 0 Å². The van der Waals surface area contributed by atoms with Gasteiger partial charge in [-0.1, -0.05) is 32.8 Å². The molecule has 0 radical (unpaired) electrons. The van der Waals surface area contributed by atoms with Crippen LogP contribution in [0.5, 0.6) is 0 Å². The molecule has 1 aromatic carbocycles. The van der Waals surface area contributed by atoms with Gasteiger partial charge < -0.3 is 5.11 Å². The Morgan fingerprint density at radius 3 is 2.60 bits per heavy atom. The second-order valence-electron chi connectivity index (χ2n) is 5.21. The maximum atomic E-state index is 13.6. The van der Waals surface area contributed by atoms with Gasteiger partial charge in [-0.05, 0) is 30.0 Å². The zero-order valence-corrected chi connectivity index (χ0v) is 12.7. The van der Waals surface area contributed by atoms with Crippen LogP contribution < -0.4 is 4.72 Å². The molecule has 0 bridgehead atoms. The van der Waals surface area contributed by atoms with Crippen molar-refractivity contribution in [3.63, 3.8) is 0 Å². The molecule has 0 aliphatic carbocycles.